The number of hydrogen-bond donors (Lipinski definition) is 2. The minimum atomic E-state index is -4.26. The fourth-order valence-electron chi connectivity index (χ4n) is 5.43. The monoisotopic (exact) mass is 586 g/mol. The van der Waals surface area contributed by atoms with E-state index in [0.29, 0.717) is 28.3 Å². The highest BCUT2D eigenvalue weighted by atomic mass is 32.1. The number of nitrogens with one attached hydrogen (secondary N) is 1. The molecule has 1 unspecified atom stereocenters. The normalized spacial score (nSPS) is 16.0. The van der Waals surface area contributed by atoms with E-state index in [1.807, 2.05) is 30.5 Å². The molecule has 0 amide bonds. The lowest BCUT2D eigenvalue weighted by molar-refractivity contribution is -0.126. The standard InChI is InChI=1S/C29H33F3N6O2S/c1-18(2)40-23(16-39)15-38-22(13-33)10-20-9-19(3-4-26(20)38)14-37-7-5-21(6-8-37)36-27-25-11-24(12-29(30,31)32)41-28(25)35-17-34-27/h3-4,9-11,17-18,21,23,39H,5-8,12,14-16H2,1-2H3,(H,34,35,36). The lowest BCUT2D eigenvalue weighted by Gasteiger charge is -2.32. The predicted octanol–water partition coefficient (Wildman–Crippen LogP) is 5.48. The highest BCUT2D eigenvalue weighted by Gasteiger charge is 2.29. The van der Waals surface area contributed by atoms with Crippen LogP contribution in [0.15, 0.2) is 36.7 Å². The van der Waals surface area contributed by atoms with Gasteiger partial charge >= 0.3 is 6.18 Å². The lowest BCUT2D eigenvalue weighted by Crippen LogP contribution is -2.38. The van der Waals surface area contributed by atoms with Crippen molar-refractivity contribution < 1.29 is 23.0 Å². The summed E-state index contributed by atoms with van der Waals surface area (Å²) in [4.78, 5) is 11.7. The van der Waals surface area contributed by atoms with Gasteiger partial charge in [-0.3, -0.25) is 4.90 Å². The Kier molecular flexibility index (Phi) is 8.79. The van der Waals surface area contributed by atoms with E-state index in [-0.39, 0.29) is 23.6 Å². The molecule has 0 radical (unpaired) electrons. The average molecular weight is 587 g/mol. The SMILES string of the molecule is CC(C)OC(CO)Cn1c(C#N)cc2cc(CN3CCC(Nc4ncnc5sc(CC(F)(F)F)cc45)CC3)ccc21. The number of aliphatic hydroxyl groups is 1. The van der Waals surface area contributed by atoms with E-state index < -0.39 is 18.7 Å². The number of aromatic nitrogens is 3. The average Bonchev–Trinajstić information content (AvgIpc) is 3.48. The zero-order valence-electron chi connectivity index (χ0n) is 23.0. The maximum Gasteiger partial charge on any atom is 0.393 e. The van der Waals surface area contributed by atoms with E-state index in [2.05, 4.69) is 38.4 Å². The first-order valence-corrected chi connectivity index (χ1v) is 14.5. The number of nitriles is 1. The number of fused-ring (bicyclic) bond motifs is 2. The highest BCUT2D eigenvalue weighted by Crippen LogP contribution is 2.33. The van der Waals surface area contributed by atoms with Gasteiger partial charge < -0.3 is 19.7 Å². The van der Waals surface area contributed by atoms with Crippen LogP contribution in [0.5, 0.6) is 0 Å². The fraction of sp³-hybridized carbons (Fsp3) is 0.483. The van der Waals surface area contributed by atoms with Gasteiger partial charge in [0.1, 0.15) is 28.7 Å². The second-order valence-corrected chi connectivity index (χ2v) is 11.9. The molecule has 1 aliphatic heterocycles. The van der Waals surface area contributed by atoms with E-state index in [9.17, 15) is 23.5 Å². The second-order valence-electron chi connectivity index (χ2n) is 10.8. The quantitative estimate of drug-likeness (QED) is 0.254. The number of anilines is 1. The molecule has 4 aromatic rings. The lowest BCUT2D eigenvalue weighted by atomic mass is 10.0. The van der Waals surface area contributed by atoms with Crippen LogP contribution in [-0.4, -0.2) is 68.7 Å². The van der Waals surface area contributed by atoms with Crippen molar-refractivity contribution >= 4 is 38.3 Å². The minimum absolute atomic E-state index is 0.0285. The Bertz CT molecular complexity index is 1540. The molecule has 5 rings (SSSR count). The van der Waals surface area contributed by atoms with Gasteiger partial charge in [0.25, 0.3) is 0 Å². The van der Waals surface area contributed by atoms with Gasteiger partial charge in [-0.2, -0.15) is 18.4 Å². The number of nitrogens with zero attached hydrogens (tertiary/aromatic N) is 5. The summed E-state index contributed by atoms with van der Waals surface area (Å²) in [6, 6.07) is 12.1. The van der Waals surface area contributed by atoms with Crippen molar-refractivity contribution in [3.05, 3.63) is 52.8 Å². The first kappa shape index (κ1) is 29.3. The van der Waals surface area contributed by atoms with Crippen LogP contribution >= 0.6 is 11.3 Å². The summed E-state index contributed by atoms with van der Waals surface area (Å²) in [5, 5.41) is 24.5. The summed E-state index contributed by atoms with van der Waals surface area (Å²) in [6.45, 7) is 6.61. The van der Waals surface area contributed by atoms with Gasteiger partial charge in [0, 0.05) is 41.5 Å². The molecule has 0 spiro atoms. The molecule has 3 aromatic heterocycles. The van der Waals surface area contributed by atoms with Crippen LogP contribution in [-0.2, 0) is 24.2 Å². The van der Waals surface area contributed by atoms with Gasteiger partial charge in [0.2, 0.25) is 0 Å². The summed E-state index contributed by atoms with van der Waals surface area (Å²) in [5.41, 5.74) is 2.61. The van der Waals surface area contributed by atoms with Crippen LogP contribution in [0, 0.1) is 11.3 Å². The number of thiophene rings is 1. The number of benzene rings is 1. The molecule has 0 bridgehead atoms. The maximum atomic E-state index is 12.9. The fourth-order valence-corrected chi connectivity index (χ4v) is 6.46. The number of likely N-dealkylation sites (tertiary alicyclic amines) is 1. The highest BCUT2D eigenvalue weighted by molar-refractivity contribution is 7.18. The number of ether oxygens (including phenoxy) is 1. The molecule has 8 nitrogen and oxygen atoms in total. The summed E-state index contributed by atoms with van der Waals surface area (Å²) in [6.07, 6.45) is -2.49. The van der Waals surface area contributed by atoms with Crippen LogP contribution in [0.3, 0.4) is 0 Å². The third kappa shape index (κ3) is 7.16. The van der Waals surface area contributed by atoms with Gasteiger partial charge in [0.15, 0.2) is 0 Å². The molecule has 0 saturated carbocycles. The third-order valence-electron chi connectivity index (χ3n) is 7.22. The molecule has 2 N–H and O–H groups in total. The topological polar surface area (TPSA) is 99.2 Å². The summed E-state index contributed by atoms with van der Waals surface area (Å²) < 4.78 is 46.3. The van der Waals surface area contributed by atoms with Crippen molar-refractivity contribution in [3.8, 4) is 6.07 Å². The number of halogens is 3. The van der Waals surface area contributed by atoms with Crippen molar-refractivity contribution in [2.24, 2.45) is 0 Å². The number of rotatable bonds is 10. The molecule has 1 fully saturated rings. The summed E-state index contributed by atoms with van der Waals surface area (Å²) in [7, 11) is 0. The van der Waals surface area contributed by atoms with Crippen LogP contribution in [0.2, 0.25) is 0 Å². The van der Waals surface area contributed by atoms with Crippen LogP contribution in [0.25, 0.3) is 21.1 Å². The predicted molar refractivity (Wildman–Crippen MR) is 153 cm³/mol. The Balaban J connectivity index is 1.21. The van der Waals surface area contributed by atoms with Crippen LogP contribution in [0.1, 0.15) is 42.8 Å². The molecule has 1 aliphatic rings. The molecule has 0 aliphatic carbocycles. The van der Waals surface area contributed by atoms with Crippen molar-refractivity contribution in [1.82, 2.24) is 19.4 Å². The Hall–Kier alpha value is -3.24. The van der Waals surface area contributed by atoms with E-state index >= 15 is 0 Å². The van der Waals surface area contributed by atoms with Gasteiger partial charge in [-0.25, -0.2) is 9.97 Å². The zero-order valence-corrected chi connectivity index (χ0v) is 23.8. The van der Waals surface area contributed by atoms with Gasteiger partial charge in [-0.15, -0.1) is 11.3 Å². The Morgan fingerprint density at radius 2 is 1.98 bits per heavy atom. The zero-order chi connectivity index (χ0) is 29.1. The molecule has 1 atom stereocenters. The molecule has 1 aromatic carbocycles. The third-order valence-corrected chi connectivity index (χ3v) is 8.27. The maximum absolute atomic E-state index is 12.9. The Morgan fingerprint density at radius 1 is 1.20 bits per heavy atom. The van der Waals surface area contributed by atoms with Crippen molar-refractivity contribution in [1.29, 1.82) is 5.26 Å². The van der Waals surface area contributed by atoms with Crippen LogP contribution in [0.4, 0.5) is 19.0 Å². The van der Waals surface area contributed by atoms with Gasteiger partial charge in [-0.05, 0) is 56.5 Å². The van der Waals surface area contributed by atoms with Crippen molar-refractivity contribution in [2.75, 3.05) is 25.0 Å². The smallest absolute Gasteiger partial charge is 0.393 e. The first-order chi connectivity index (χ1) is 19.6. The van der Waals surface area contributed by atoms with Crippen LogP contribution < -0.4 is 5.32 Å². The Labute approximate surface area is 240 Å². The number of alkyl halides is 3. The van der Waals surface area contributed by atoms with Crippen molar-refractivity contribution in [2.45, 2.75) is 70.6 Å². The minimum Gasteiger partial charge on any atom is -0.394 e. The van der Waals surface area contributed by atoms with E-state index in [0.717, 1.165) is 60.3 Å². The van der Waals surface area contributed by atoms with E-state index in [1.165, 1.54) is 6.33 Å². The largest absolute Gasteiger partial charge is 0.394 e. The molecule has 12 heteroatoms. The molecular formula is C29H33F3N6O2S. The van der Waals surface area contributed by atoms with Gasteiger partial charge in [0.05, 0.1) is 37.2 Å². The number of aliphatic hydroxyl groups excluding tert-OH is 1. The summed E-state index contributed by atoms with van der Waals surface area (Å²) >= 11 is 1.06. The van der Waals surface area contributed by atoms with Crippen molar-refractivity contribution in [3.63, 3.8) is 0 Å². The Morgan fingerprint density at radius 3 is 2.66 bits per heavy atom. The van der Waals surface area contributed by atoms with E-state index in [4.69, 9.17) is 4.74 Å². The molecule has 218 valence electrons. The number of hydrogen-bond acceptors (Lipinski definition) is 8. The molecular weight excluding hydrogens is 553 g/mol. The molecule has 41 heavy (non-hydrogen) atoms. The first-order valence-electron chi connectivity index (χ1n) is 13.7. The number of piperidine rings is 1. The second kappa shape index (κ2) is 12.3. The molecule has 1 saturated heterocycles. The summed E-state index contributed by atoms with van der Waals surface area (Å²) in [5.74, 6) is 0.587. The van der Waals surface area contributed by atoms with Gasteiger partial charge in [-0.1, -0.05) is 6.07 Å². The molecule has 4 heterocycles. The van der Waals surface area contributed by atoms with E-state index in [1.54, 1.807) is 6.07 Å².